The number of benzene rings is 1. The lowest BCUT2D eigenvalue weighted by Crippen LogP contribution is -2.29. The van der Waals surface area contributed by atoms with Crippen molar-refractivity contribution in [2.45, 2.75) is 6.54 Å². The van der Waals surface area contributed by atoms with Crippen LogP contribution in [0.15, 0.2) is 35.1 Å². The first kappa shape index (κ1) is 16.3. The van der Waals surface area contributed by atoms with Crippen LogP contribution in [0.2, 0.25) is 0 Å². The van der Waals surface area contributed by atoms with E-state index >= 15 is 0 Å². The van der Waals surface area contributed by atoms with E-state index in [0.717, 1.165) is 4.57 Å². The van der Waals surface area contributed by atoms with Crippen molar-refractivity contribution < 1.29 is 19.1 Å². The summed E-state index contributed by atoms with van der Waals surface area (Å²) in [6.45, 7) is -0.0942. The molecular weight excluding hydrogens is 311 g/mol. The molecule has 0 spiro atoms. The minimum atomic E-state index is -4.23. The van der Waals surface area contributed by atoms with Gasteiger partial charge in [-0.05, 0) is 0 Å². The predicted molar refractivity (Wildman–Crippen MR) is 79.0 cm³/mol. The first-order valence-electron chi connectivity index (χ1n) is 6.29. The van der Waals surface area contributed by atoms with E-state index in [1.807, 2.05) is 6.07 Å². The summed E-state index contributed by atoms with van der Waals surface area (Å²) in [7, 11) is -4.23. The fourth-order valence-electron chi connectivity index (χ4n) is 1.71. The number of aromatic nitrogens is 3. The van der Waals surface area contributed by atoms with Gasteiger partial charge in [0.1, 0.15) is 6.35 Å². The van der Waals surface area contributed by atoms with Crippen LogP contribution in [-0.4, -0.2) is 37.3 Å². The second-order valence-corrected chi connectivity index (χ2v) is 6.00. The normalized spacial score (nSPS) is 11.5. The van der Waals surface area contributed by atoms with Crippen molar-refractivity contribution in [2.75, 3.05) is 18.7 Å². The molecular formula is C12H15N4O5P. The van der Waals surface area contributed by atoms with E-state index in [1.165, 1.54) is 0 Å². The fourth-order valence-corrected chi connectivity index (χ4v) is 2.08. The van der Waals surface area contributed by atoms with Gasteiger partial charge in [-0.2, -0.15) is 9.97 Å². The van der Waals surface area contributed by atoms with Gasteiger partial charge in [-0.15, -0.1) is 0 Å². The van der Waals surface area contributed by atoms with E-state index in [1.54, 1.807) is 24.3 Å². The molecule has 0 atom stereocenters. The Bertz CT molecular complexity index is 743. The molecule has 0 aliphatic carbocycles. The maximum Gasteiger partial charge on any atom is 0.352 e. The Kier molecular flexibility index (Phi) is 5.04. The van der Waals surface area contributed by atoms with Gasteiger partial charge in [-0.3, -0.25) is 9.13 Å². The molecule has 2 rings (SSSR count). The molecule has 2 aromatic rings. The van der Waals surface area contributed by atoms with Crippen molar-refractivity contribution in [3.63, 3.8) is 0 Å². The number of nitrogens with two attached hydrogens (primary N) is 1. The van der Waals surface area contributed by atoms with Gasteiger partial charge >= 0.3 is 13.3 Å². The van der Waals surface area contributed by atoms with Crippen molar-refractivity contribution in [3.8, 4) is 11.4 Å². The number of hydrogen-bond donors (Lipinski definition) is 3. The van der Waals surface area contributed by atoms with E-state index in [4.69, 9.17) is 20.3 Å². The Morgan fingerprint density at radius 1 is 1.23 bits per heavy atom. The average Bonchev–Trinajstić information content (AvgIpc) is 2.45. The Hall–Kier alpha value is -2.06. The zero-order chi connectivity index (χ0) is 16.2. The highest BCUT2D eigenvalue weighted by atomic mass is 31.2. The first-order valence-corrected chi connectivity index (χ1v) is 8.09. The lowest BCUT2D eigenvalue weighted by atomic mass is 10.2. The van der Waals surface area contributed by atoms with Gasteiger partial charge in [-0.25, -0.2) is 4.79 Å². The lowest BCUT2D eigenvalue weighted by Gasteiger charge is -2.10. The topological polar surface area (TPSA) is 141 Å². The molecule has 1 aromatic carbocycles. The third kappa shape index (κ3) is 4.47. The van der Waals surface area contributed by atoms with E-state index in [0.29, 0.717) is 5.56 Å². The zero-order valence-electron chi connectivity index (χ0n) is 11.5. The summed E-state index contributed by atoms with van der Waals surface area (Å²) < 4.78 is 16.5. The molecule has 22 heavy (non-hydrogen) atoms. The van der Waals surface area contributed by atoms with Gasteiger partial charge in [0, 0.05) is 5.56 Å². The fraction of sp³-hybridized carbons (Fsp3) is 0.250. The van der Waals surface area contributed by atoms with Crippen LogP contribution in [0.1, 0.15) is 0 Å². The summed E-state index contributed by atoms with van der Waals surface area (Å²) >= 11 is 0. The number of hydrogen-bond acceptors (Lipinski definition) is 6. The standard InChI is InChI=1S/C12H15N4O5P/c13-11-14-10(9-4-2-1-3-5-9)15-12(17)16(11)6-7-21-8-22(18,19)20/h1-5H,6-8H2,(H2,18,19,20)(H2,13,14,15,17). The summed E-state index contributed by atoms with van der Waals surface area (Å²) in [5.41, 5.74) is 5.79. The third-order valence-corrected chi connectivity index (χ3v) is 3.20. The van der Waals surface area contributed by atoms with E-state index in [-0.39, 0.29) is 24.9 Å². The highest BCUT2D eigenvalue weighted by Gasteiger charge is 2.13. The van der Waals surface area contributed by atoms with Gasteiger partial charge < -0.3 is 20.3 Å². The monoisotopic (exact) mass is 326 g/mol. The van der Waals surface area contributed by atoms with E-state index in [9.17, 15) is 9.36 Å². The summed E-state index contributed by atoms with van der Waals surface area (Å²) in [6.07, 6.45) is -0.718. The van der Waals surface area contributed by atoms with Gasteiger partial charge in [0.2, 0.25) is 5.95 Å². The molecule has 0 bridgehead atoms. The van der Waals surface area contributed by atoms with Gasteiger partial charge in [-0.1, -0.05) is 30.3 Å². The Morgan fingerprint density at radius 2 is 1.91 bits per heavy atom. The number of nitrogen functional groups attached to an aromatic ring is 1. The number of rotatable bonds is 6. The van der Waals surface area contributed by atoms with Crippen LogP contribution >= 0.6 is 7.60 Å². The molecule has 0 unspecified atom stereocenters. The van der Waals surface area contributed by atoms with Gasteiger partial charge in [0.15, 0.2) is 5.82 Å². The number of ether oxygens (including phenoxy) is 1. The average molecular weight is 326 g/mol. The molecule has 0 aliphatic heterocycles. The second-order valence-electron chi connectivity index (χ2n) is 4.41. The minimum absolute atomic E-state index is 0.000262. The van der Waals surface area contributed by atoms with E-state index < -0.39 is 19.6 Å². The number of anilines is 1. The Balaban J connectivity index is 2.11. The quantitative estimate of drug-likeness (QED) is 0.499. The summed E-state index contributed by atoms with van der Waals surface area (Å²) in [5, 5.41) is 0. The molecule has 0 amide bonds. The first-order chi connectivity index (χ1) is 10.4. The summed E-state index contributed by atoms with van der Waals surface area (Å²) in [6, 6.07) is 8.91. The number of nitrogens with zero attached hydrogens (tertiary/aromatic N) is 3. The Labute approximate surface area is 125 Å². The maximum absolute atomic E-state index is 11.9. The molecule has 1 heterocycles. The highest BCUT2D eigenvalue weighted by molar-refractivity contribution is 7.51. The van der Waals surface area contributed by atoms with Crippen molar-refractivity contribution in [1.29, 1.82) is 0 Å². The zero-order valence-corrected chi connectivity index (χ0v) is 12.4. The van der Waals surface area contributed by atoms with Crippen LogP contribution in [0.4, 0.5) is 5.95 Å². The van der Waals surface area contributed by atoms with Crippen molar-refractivity contribution in [3.05, 3.63) is 40.8 Å². The molecule has 0 saturated carbocycles. The lowest BCUT2D eigenvalue weighted by molar-refractivity contribution is 0.148. The van der Waals surface area contributed by atoms with Crippen molar-refractivity contribution >= 4 is 13.5 Å². The van der Waals surface area contributed by atoms with Gasteiger partial charge in [0.25, 0.3) is 0 Å². The van der Waals surface area contributed by atoms with Gasteiger partial charge in [0.05, 0.1) is 13.2 Å². The van der Waals surface area contributed by atoms with Crippen LogP contribution in [-0.2, 0) is 15.8 Å². The maximum atomic E-state index is 11.9. The van der Waals surface area contributed by atoms with Crippen LogP contribution in [0.5, 0.6) is 0 Å². The smallest absolute Gasteiger partial charge is 0.352 e. The molecule has 4 N–H and O–H groups in total. The molecule has 0 saturated heterocycles. The summed E-state index contributed by atoms with van der Waals surface area (Å²) in [4.78, 5) is 37.1. The Morgan fingerprint density at radius 3 is 2.50 bits per heavy atom. The van der Waals surface area contributed by atoms with Crippen molar-refractivity contribution in [1.82, 2.24) is 14.5 Å². The molecule has 0 aliphatic rings. The van der Waals surface area contributed by atoms with Crippen LogP contribution in [0.3, 0.4) is 0 Å². The van der Waals surface area contributed by atoms with Crippen molar-refractivity contribution in [2.24, 2.45) is 0 Å². The molecule has 0 radical (unpaired) electrons. The predicted octanol–water partition coefficient (Wildman–Crippen LogP) is 0.0393. The van der Waals surface area contributed by atoms with Crippen LogP contribution in [0.25, 0.3) is 11.4 Å². The minimum Gasteiger partial charge on any atom is -0.369 e. The third-order valence-electron chi connectivity index (χ3n) is 2.68. The van der Waals surface area contributed by atoms with Crippen LogP contribution < -0.4 is 11.4 Å². The highest BCUT2D eigenvalue weighted by Crippen LogP contribution is 2.33. The summed E-state index contributed by atoms with van der Waals surface area (Å²) in [5.74, 6) is 0.175. The van der Waals surface area contributed by atoms with E-state index in [2.05, 4.69) is 9.97 Å². The molecule has 9 nitrogen and oxygen atoms in total. The second kappa shape index (κ2) is 6.80. The molecule has 1 aromatic heterocycles. The van der Waals surface area contributed by atoms with Crippen LogP contribution in [0, 0.1) is 0 Å². The largest absolute Gasteiger partial charge is 0.369 e. The molecule has 118 valence electrons. The molecule has 0 fully saturated rings. The SMILES string of the molecule is Nc1nc(-c2ccccc2)nc(=O)n1CCOCP(=O)(O)O. The molecule has 10 heteroatoms.